The highest BCUT2D eigenvalue weighted by Crippen LogP contribution is 2.32. The van der Waals surface area contributed by atoms with Gasteiger partial charge in [-0.15, -0.1) is 11.3 Å². The average molecular weight is 311 g/mol. The predicted octanol–water partition coefficient (Wildman–Crippen LogP) is 3.13. The van der Waals surface area contributed by atoms with Crippen molar-refractivity contribution in [3.63, 3.8) is 0 Å². The number of rotatable bonds is 3. The third kappa shape index (κ3) is 2.41. The van der Waals surface area contributed by atoms with Crippen LogP contribution in [0.15, 0.2) is 41.9 Å². The van der Waals surface area contributed by atoms with Crippen LogP contribution < -0.4 is 5.32 Å². The fourth-order valence-corrected chi connectivity index (χ4v) is 3.95. The Morgan fingerprint density at radius 2 is 2.18 bits per heavy atom. The minimum Gasteiger partial charge on any atom is -0.350 e. The zero-order chi connectivity index (χ0) is 14.9. The maximum absolute atomic E-state index is 12.0. The fourth-order valence-electron chi connectivity index (χ4n) is 3.21. The molecule has 112 valence electrons. The number of nitrogens with zero attached hydrogens (tertiary/aromatic N) is 2. The number of thiazole rings is 1. The van der Waals surface area contributed by atoms with Crippen molar-refractivity contribution in [2.75, 3.05) is 0 Å². The predicted molar refractivity (Wildman–Crippen MR) is 87.0 cm³/mol. The van der Waals surface area contributed by atoms with E-state index in [0.29, 0.717) is 13.0 Å². The molecule has 3 heterocycles. The molecule has 1 aromatic carbocycles. The van der Waals surface area contributed by atoms with Gasteiger partial charge in [0, 0.05) is 23.9 Å². The Labute approximate surface area is 132 Å². The van der Waals surface area contributed by atoms with Crippen LogP contribution in [0.1, 0.15) is 35.7 Å². The van der Waals surface area contributed by atoms with Gasteiger partial charge in [-0.25, -0.2) is 4.98 Å². The highest BCUT2D eigenvalue weighted by Gasteiger charge is 2.27. The number of nitrogens with one attached hydrogen (secondary N) is 1. The molecule has 1 N–H and O–H groups in total. The fraction of sp³-hybridized carbons (Fsp3) is 0.294. The van der Waals surface area contributed by atoms with E-state index < -0.39 is 0 Å². The van der Waals surface area contributed by atoms with Crippen molar-refractivity contribution in [2.45, 2.75) is 31.7 Å². The summed E-state index contributed by atoms with van der Waals surface area (Å²) in [5, 5.41) is 5.02. The maximum Gasteiger partial charge on any atom is 0.220 e. The second kappa shape index (κ2) is 5.57. The first-order chi connectivity index (χ1) is 10.8. The van der Waals surface area contributed by atoms with Crippen molar-refractivity contribution in [3.05, 3.63) is 58.9 Å². The third-order valence-electron chi connectivity index (χ3n) is 4.27. The molecule has 1 aliphatic heterocycles. The van der Waals surface area contributed by atoms with Gasteiger partial charge < -0.3 is 5.32 Å². The lowest BCUT2D eigenvalue weighted by Crippen LogP contribution is -2.21. The number of carbonyl (C=O) groups excluding carboxylic acids is 1. The van der Waals surface area contributed by atoms with Crippen molar-refractivity contribution in [1.29, 1.82) is 0 Å². The Hall–Kier alpha value is -2.14. The topological polar surface area (TPSA) is 46.4 Å². The summed E-state index contributed by atoms with van der Waals surface area (Å²) in [5.74, 6) is 0.349. The summed E-state index contributed by atoms with van der Waals surface area (Å²) in [4.78, 5) is 17.7. The van der Waals surface area contributed by atoms with Crippen LogP contribution in [-0.2, 0) is 17.8 Å². The number of imidazole rings is 1. The summed E-state index contributed by atoms with van der Waals surface area (Å²) in [6.07, 6.45) is 4.56. The molecule has 22 heavy (non-hydrogen) atoms. The number of fused-ring (bicyclic) bond motifs is 3. The van der Waals surface area contributed by atoms with Crippen LogP contribution in [0.5, 0.6) is 0 Å². The number of carbonyl (C=O) groups is 1. The van der Waals surface area contributed by atoms with E-state index in [1.807, 2.05) is 6.07 Å². The zero-order valence-electron chi connectivity index (χ0n) is 12.2. The summed E-state index contributed by atoms with van der Waals surface area (Å²) in [6, 6.07) is 10.5. The molecule has 1 amide bonds. The van der Waals surface area contributed by atoms with Crippen LogP contribution >= 0.6 is 11.3 Å². The van der Waals surface area contributed by atoms with E-state index in [1.165, 1.54) is 11.3 Å². The molecule has 0 spiro atoms. The first-order valence-corrected chi connectivity index (χ1v) is 8.44. The number of benzene rings is 1. The van der Waals surface area contributed by atoms with Gasteiger partial charge in [0.15, 0.2) is 4.96 Å². The molecule has 0 saturated heterocycles. The van der Waals surface area contributed by atoms with Gasteiger partial charge in [-0.2, -0.15) is 0 Å². The molecule has 0 fully saturated rings. The van der Waals surface area contributed by atoms with E-state index >= 15 is 0 Å². The Morgan fingerprint density at radius 3 is 3.05 bits per heavy atom. The molecule has 0 bridgehead atoms. The molecule has 2 aromatic heterocycles. The van der Waals surface area contributed by atoms with Crippen LogP contribution in [0, 0.1) is 0 Å². The van der Waals surface area contributed by atoms with Crippen LogP contribution in [-0.4, -0.2) is 15.3 Å². The van der Waals surface area contributed by atoms with E-state index in [0.717, 1.165) is 23.5 Å². The van der Waals surface area contributed by atoms with Crippen LogP contribution in [0.2, 0.25) is 0 Å². The van der Waals surface area contributed by atoms with Crippen molar-refractivity contribution < 1.29 is 4.79 Å². The Balaban J connectivity index is 1.66. The van der Waals surface area contributed by atoms with Gasteiger partial charge in [-0.1, -0.05) is 30.3 Å². The molecule has 3 aromatic rings. The molecule has 0 radical (unpaired) electrons. The van der Waals surface area contributed by atoms with E-state index in [-0.39, 0.29) is 11.8 Å². The molecule has 0 saturated carbocycles. The molecule has 4 nitrogen and oxygen atoms in total. The van der Waals surface area contributed by atoms with Gasteiger partial charge in [-0.05, 0) is 18.4 Å². The molecule has 1 aliphatic rings. The van der Waals surface area contributed by atoms with Crippen molar-refractivity contribution >= 4 is 22.2 Å². The standard InChI is InChI=1S/C17H17N3OS/c21-15-10-13(7-6-12-4-2-1-3-5-12)16-14(11-18-15)19-17-20(16)8-9-22-17/h1-5,8-9,13H,6-7,10-11H2,(H,18,21). The lowest BCUT2D eigenvalue weighted by molar-refractivity contribution is -0.121. The lowest BCUT2D eigenvalue weighted by atomic mass is 9.92. The minimum absolute atomic E-state index is 0.125. The summed E-state index contributed by atoms with van der Waals surface area (Å²) in [6.45, 7) is 0.546. The molecule has 0 aliphatic carbocycles. The lowest BCUT2D eigenvalue weighted by Gasteiger charge is -2.14. The van der Waals surface area contributed by atoms with E-state index in [4.69, 9.17) is 0 Å². The quantitative estimate of drug-likeness (QED) is 0.808. The monoisotopic (exact) mass is 311 g/mol. The molecule has 4 rings (SSSR count). The van der Waals surface area contributed by atoms with Gasteiger partial charge in [0.2, 0.25) is 5.91 Å². The number of aryl methyl sites for hydroxylation is 1. The summed E-state index contributed by atoms with van der Waals surface area (Å²) < 4.78 is 2.16. The smallest absolute Gasteiger partial charge is 0.220 e. The molecule has 5 heteroatoms. The second-order valence-corrected chi connectivity index (χ2v) is 6.57. The summed E-state index contributed by atoms with van der Waals surface area (Å²) in [5.41, 5.74) is 3.56. The van der Waals surface area contributed by atoms with Gasteiger partial charge in [0.05, 0.1) is 17.9 Å². The Bertz CT molecular complexity index is 806. The van der Waals surface area contributed by atoms with Crippen molar-refractivity contribution in [2.24, 2.45) is 0 Å². The summed E-state index contributed by atoms with van der Waals surface area (Å²) in [7, 11) is 0. The highest BCUT2D eigenvalue weighted by atomic mass is 32.1. The van der Waals surface area contributed by atoms with Crippen molar-refractivity contribution in [3.8, 4) is 0 Å². The normalized spacial score (nSPS) is 18.0. The Morgan fingerprint density at radius 1 is 1.32 bits per heavy atom. The zero-order valence-corrected chi connectivity index (χ0v) is 13.0. The van der Waals surface area contributed by atoms with E-state index in [2.05, 4.69) is 50.5 Å². The Kier molecular flexibility index (Phi) is 3.42. The minimum atomic E-state index is 0.125. The third-order valence-corrected chi connectivity index (χ3v) is 5.03. The van der Waals surface area contributed by atoms with Crippen LogP contribution in [0.4, 0.5) is 0 Å². The average Bonchev–Trinajstić information content (AvgIpc) is 3.07. The SMILES string of the molecule is O=C1CC(CCc2ccccc2)c2c(nc3sccn23)CN1. The van der Waals surface area contributed by atoms with Gasteiger partial charge >= 0.3 is 0 Å². The number of aromatic nitrogens is 2. The maximum atomic E-state index is 12.0. The second-order valence-electron chi connectivity index (χ2n) is 5.70. The molecular weight excluding hydrogens is 294 g/mol. The van der Waals surface area contributed by atoms with Gasteiger partial charge in [-0.3, -0.25) is 9.20 Å². The molecular formula is C17H17N3OS. The van der Waals surface area contributed by atoms with Gasteiger partial charge in [0.25, 0.3) is 0 Å². The van der Waals surface area contributed by atoms with E-state index in [1.54, 1.807) is 11.3 Å². The highest BCUT2D eigenvalue weighted by molar-refractivity contribution is 7.15. The largest absolute Gasteiger partial charge is 0.350 e. The van der Waals surface area contributed by atoms with E-state index in [9.17, 15) is 4.79 Å². The number of amides is 1. The molecule has 1 unspecified atom stereocenters. The molecule has 1 atom stereocenters. The number of hydrogen-bond acceptors (Lipinski definition) is 3. The first-order valence-electron chi connectivity index (χ1n) is 7.56. The van der Waals surface area contributed by atoms with Gasteiger partial charge in [0.1, 0.15) is 0 Å². The van der Waals surface area contributed by atoms with Crippen LogP contribution in [0.25, 0.3) is 4.96 Å². The summed E-state index contributed by atoms with van der Waals surface area (Å²) >= 11 is 1.64. The van der Waals surface area contributed by atoms with Crippen LogP contribution in [0.3, 0.4) is 0 Å². The van der Waals surface area contributed by atoms with Crippen molar-refractivity contribution in [1.82, 2.24) is 14.7 Å². The number of hydrogen-bond donors (Lipinski definition) is 1. The first kappa shape index (κ1) is 13.5.